The van der Waals surface area contributed by atoms with E-state index < -0.39 is 0 Å². The van der Waals surface area contributed by atoms with E-state index in [4.69, 9.17) is 0 Å². The van der Waals surface area contributed by atoms with Gasteiger partial charge in [0.25, 0.3) is 0 Å². The maximum Gasteiger partial charge on any atom is 0.0705 e. The van der Waals surface area contributed by atoms with Crippen LogP contribution in [0.4, 0.5) is 0 Å². The van der Waals surface area contributed by atoms with Crippen LogP contribution in [-0.4, -0.2) is 4.98 Å². The van der Waals surface area contributed by atoms with Gasteiger partial charge >= 0.3 is 0 Å². The monoisotopic (exact) mass is 269 g/mol. The standard InChI is InChI=1S/C10H8IN/c1-7-9(11)6-8-4-2-3-5-10(8)12-7/h2-6H,1H3. The Labute approximate surface area is 85.0 Å². The predicted molar refractivity (Wildman–Crippen MR) is 59.2 cm³/mol. The van der Waals surface area contributed by atoms with E-state index in [1.807, 2.05) is 25.1 Å². The fraction of sp³-hybridized carbons (Fsp3) is 0.100. The second kappa shape index (κ2) is 3.01. The van der Waals surface area contributed by atoms with Crippen LogP contribution in [0.1, 0.15) is 5.69 Å². The van der Waals surface area contributed by atoms with Crippen LogP contribution in [0.5, 0.6) is 0 Å². The summed E-state index contributed by atoms with van der Waals surface area (Å²) >= 11 is 2.31. The Morgan fingerprint density at radius 2 is 2.00 bits per heavy atom. The molecule has 1 heterocycles. The number of benzene rings is 1. The first kappa shape index (κ1) is 7.98. The zero-order valence-electron chi connectivity index (χ0n) is 6.71. The fourth-order valence-corrected chi connectivity index (χ4v) is 1.64. The second-order valence-corrected chi connectivity index (χ2v) is 3.91. The second-order valence-electron chi connectivity index (χ2n) is 2.75. The molecule has 0 unspecified atom stereocenters. The third-order valence-corrected chi connectivity index (χ3v) is 2.94. The highest BCUT2D eigenvalue weighted by Gasteiger charge is 1.98. The van der Waals surface area contributed by atoms with Crippen molar-refractivity contribution in [3.63, 3.8) is 0 Å². The number of hydrogen-bond donors (Lipinski definition) is 0. The molecule has 1 nitrogen and oxygen atoms in total. The van der Waals surface area contributed by atoms with Crippen LogP contribution in [0.25, 0.3) is 10.9 Å². The van der Waals surface area contributed by atoms with Crippen LogP contribution in [0.15, 0.2) is 30.3 Å². The molecule has 0 bridgehead atoms. The van der Waals surface area contributed by atoms with Crippen molar-refractivity contribution in [3.8, 4) is 0 Å². The molecule has 60 valence electrons. The van der Waals surface area contributed by atoms with Gasteiger partial charge in [-0.15, -0.1) is 0 Å². The predicted octanol–water partition coefficient (Wildman–Crippen LogP) is 3.15. The van der Waals surface area contributed by atoms with Crippen molar-refractivity contribution < 1.29 is 0 Å². The van der Waals surface area contributed by atoms with Gasteiger partial charge in [0.2, 0.25) is 0 Å². The Morgan fingerprint density at radius 1 is 1.25 bits per heavy atom. The molecule has 0 atom stereocenters. The number of rotatable bonds is 0. The van der Waals surface area contributed by atoms with Crippen LogP contribution in [-0.2, 0) is 0 Å². The maximum absolute atomic E-state index is 4.47. The molecule has 1 aromatic carbocycles. The number of pyridine rings is 1. The Balaban J connectivity index is 2.84. The Hall–Kier alpha value is -0.640. The van der Waals surface area contributed by atoms with Gasteiger partial charge in [0.15, 0.2) is 0 Å². The van der Waals surface area contributed by atoms with Gasteiger partial charge < -0.3 is 0 Å². The lowest BCUT2D eigenvalue weighted by molar-refractivity contribution is 1.23. The van der Waals surface area contributed by atoms with Gasteiger partial charge in [0.05, 0.1) is 11.2 Å². The van der Waals surface area contributed by atoms with Gasteiger partial charge in [-0.25, -0.2) is 0 Å². The summed E-state index contributed by atoms with van der Waals surface area (Å²) in [7, 11) is 0. The van der Waals surface area contributed by atoms with E-state index in [0.29, 0.717) is 0 Å². The van der Waals surface area contributed by atoms with Crippen LogP contribution in [0.2, 0.25) is 0 Å². The van der Waals surface area contributed by atoms with E-state index in [0.717, 1.165) is 11.2 Å². The molecule has 0 saturated carbocycles. The summed E-state index contributed by atoms with van der Waals surface area (Å²) in [4.78, 5) is 4.47. The first-order chi connectivity index (χ1) is 5.77. The van der Waals surface area contributed by atoms with E-state index in [1.54, 1.807) is 0 Å². The van der Waals surface area contributed by atoms with Gasteiger partial charge in [0, 0.05) is 8.96 Å². The third-order valence-electron chi connectivity index (χ3n) is 1.85. The lowest BCUT2D eigenvalue weighted by Crippen LogP contribution is -1.86. The highest BCUT2D eigenvalue weighted by Crippen LogP contribution is 2.17. The number of halogens is 1. The van der Waals surface area contributed by atoms with E-state index in [2.05, 4.69) is 39.7 Å². The van der Waals surface area contributed by atoms with Crippen molar-refractivity contribution in [1.82, 2.24) is 4.98 Å². The van der Waals surface area contributed by atoms with E-state index in [-0.39, 0.29) is 0 Å². The smallest absolute Gasteiger partial charge is 0.0705 e. The van der Waals surface area contributed by atoms with Crippen molar-refractivity contribution in [1.29, 1.82) is 0 Å². The molecule has 1 aromatic heterocycles. The van der Waals surface area contributed by atoms with Crippen molar-refractivity contribution in [2.45, 2.75) is 6.92 Å². The van der Waals surface area contributed by atoms with Crippen LogP contribution in [0, 0.1) is 10.5 Å². The number of para-hydroxylation sites is 1. The Kier molecular flexibility index (Phi) is 2.00. The van der Waals surface area contributed by atoms with Gasteiger partial charge in [-0.2, -0.15) is 0 Å². The minimum atomic E-state index is 1.08. The number of aryl methyl sites for hydroxylation is 1. The van der Waals surface area contributed by atoms with E-state index >= 15 is 0 Å². The highest BCUT2D eigenvalue weighted by atomic mass is 127. The normalized spacial score (nSPS) is 10.5. The van der Waals surface area contributed by atoms with Crippen molar-refractivity contribution in [2.75, 3.05) is 0 Å². The zero-order valence-corrected chi connectivity index (χ0v) is 8.87. The van der Waals surface area contributed by atoms with Crippen LogP contribution >= 0.6 is 22.6 Å². The summed E-state index contributed by atoms with van der Waals surface area (Å²) in [6.07, 6.45) is 0. The topological polar surface area (TPSA) is 12.9 Å². The molecular formula is C10H8IN. The molecule has 2 heteroatoms. The van der Waals surface area contributed by atoms with Crippen molar-refractivity contribution >= 4 is 33.5 Å². The van der Waals surface area contributed by atoms with Gasteiger partial charge in [0.1, 0.15) is 0 Å². The molecule has 12 heavy (non-hydrogen) atoms. The number of fused-ring (bicyclic) bond motifs is 1. The average Bonchev–Trinajstić information content (AvgIpc) is 2.07. The number of hydrogen-bond acceptors (Lipinski definition) is 1. The summed E-state index contributed by atoms with van der Waals surface area (Å²) in [5.41, 5.74) is 2.18. The minimum absolute atomic E-state index is 1.08. The van der Waals surface area contributed by atoms with Gasteiger partial charge in [-0.05, 0) is 41.6 Å². The summed E-state index contributed by atoms with van der Waals surface area (Å²) < 4.78 is 1.23. The van der Waals surface area contributed by atoms with Crippen molar-refractivity contribution in [2.24, 2.45) is 0 Å². The summed E-state index contributed by atoms with van der Waals surface area (Å²) in [6.45, 7) is 2.04. The van der Waals surface area contributed by atoms with Gasteiger partial charge in [-0.1, -0.05) is 18.2 Å². The molecule has 0 saturated heterocycles. The number of nitrogens with zero attached hydrogens (tertiary/aromatic N) is 1. The summed E-state index contributed by atoms with van der Waals surface area (Å²) in [5.74, 6) is 0. The molecule has 0 N–H and O–H groups in total. The summed E-state index contributed by atoms with van der Waals surface area (Å²) in [6, 6.07) is 10.3. The first-order valence-electron chi connectivity index (χ1n) is 3.79. The van der Waals surface area contributed by atoms with Crippen LogP contribution in [0.3, 0.4) is 0 Å². The molecular weight excluding hydrogens is 261 g/mol. The van der Waals surface area contributed by atoms with Gasteiger partial charge in [-0.3, -0.25) is 4.98 Å². The molecule has 2 rings (SSSR count). The SMILES string of the molecule is Cc1nc2ccccc2cc1I. The average molecular weight is 269 g/mol. The Morgan fingerprint density at radius 3 is 2.83 bits per heavy atom. The molecule has 0 spiro atoms. The molecule has 0 amide bonds. The summed E-state index contributed by atoms with van der Waals surface area (Å²) in [5, 5.41) is 1.22. The van der Waals surface area contributed by atoms with Crippen LogP contribution < -0.4 is 0 Å². The van der Waals surface area contributed by atoms with E-state index in [1.165, 1.54) is 8.96 Å². The lowest BCUT2D eigenvalue weighted by atomic mass is 10.2. The lowest BCUT2D eigenvalue weighted by Gasteiger charge is -2.00. The maximum atomic E-state index is 4.47. The molecule has 0 aliphatic heterocycles. The fourth-order valence-electron chi connectivity index (χ4n) is 1.19. The zero-order chi connectivity index (χ0) is 8.55. The van der Waals surface area contributed by atoms with Crippen molar-refractivity contribution in [3.05, 3.63) is 39.6 Å². The molecule has 0 fully saturated rings. The Bertz CT molecular complexity index is 383. The highest BCUT2D eigenvalue weighted by molar-refractivity contribution is 14.1. The minimum Gasteiger partial charge on any atom is -0.252 e. The molecule has 0 aliphatic rings. The van der Waals surface area contributed by atoms with E-state index in [9.17, 15) is 0 Å². The quantitative estimate of drug-likeness (QED) is 0.669. The molecule has 0 radical (unpaired) electrons. The third kappa shape index (κ3) is 1.31. The first-order valence-corrected chi connectivity index (χ1v) is 4.87. The molecule has 0 aliphatic carbocycles. The molecule has 2 aromatic rings. The number of aromatic nitrogens is 1. The largest absolute Gasteiger partial charge is 0.252 e.